The zero-order chi connectivity index (χ0) is 7.49. The van der Waals surface area contributed by atoms with Gasteiger partial charge in [-0.15, -0.1) is 0 Å². The van der Waals surface area contributed by atoms with Crippen molar-refractivity contribution in [2.75, 3.05) is 6.61 Å². The van der Waals surface area contributed by atoms with Crippen molar-refractivity contribution in [1.82, 2.24) is 0 Å². The number of hydrogen-bond acceptors (Lipinski definition) is 2. The van der Waals surface area contributed by atoms with E-state index in [4.69, 9.17) is 5.11 Å². The Bertz CT molecular complexity index is 83.9. The molecular formula is C3H4F4O2. The van der Waals surface area contributed by atoms with Crippen molar-refractivity contribution in [2.24, 2.45) is 0 Å². The smallest absolute Gasteiger partial charge is 0.382 e. The first-order chi connectivity index (χ1) is 3.98. The van der Waals surface area contributed by atoms with Crippen LogP contribution >= 0.6 is 0 Å². The summed E-state index contributed by atoms with van der Waals surface area (Å²) in [7, 11) is 0. The fraction of sp³-hybridized carbons (Fsp3) is 1.00. The maximum absolute atomic E-state index is 11.5. The summed E-state index contributed by atoms with van der Waals surface area (Å²) in [5.41, 5.74) is 0. The molecule has 0 bridgehead atoms. The van der Waals surface area contributed by atoms with Gasteiger partial charge in [-0.3, -0.25) is 4.74 Å². The zero-order valence-electron chi connectivity index (χ0n) is 4.15. The molecule has 0 aromatic carbocycles. The second kappa shape index (κ2) is 2.98. The molecular weight excluding hydrogens is 144 g/mol. The van der Waals surface area contributed by atoms with E-state index < -0.39 is 19.3 Å². The second-order valence-electron chi connectivity index (χ2n) is 1.17. The lowest BCUT2D eigenvalue weighted by Crippen LogP contribution is -2.27. The SMILES string of the molecule is OCC(F)(F)OC(F)F. The van der Waals surface area contributed by atoms with Gasteiger partial charge in [-0.2, -0.15) is 17.6 Å². The van der Waals surface area contributed by atoms with Gasteiger partial charge >= 0.3 is 12.7 Å². The Morgan fingerprint density at radius 1 is 1.44 bits per heavy atom. The monoisotopic (exact) mass is 148 g/mol. The van der Waals surface area contributed by atoms with Crippen LogP contribution in [0.25, 0.3) is 0 Å². The Kier molecular flexibility index (Phi) is 2.86. The molecule has 9 heavy (non-hydrogen) atoms. The molecule has 0 saturated carbocycles. The average molecular weight is 148 g/mol. The van der Waals surface area contributed by atoms with Gasteiger partial charge in [0.2, 0.25) is 0 Å². The first-order valence-electron chi connectivity index (χ1n) is 1.92. The summed E-state index contributed by atoms with van der Waals surface area (Å²) < 4.78 is 47.4. The minimum absolute atomic E-state index is 1.74. The Morgan fingerprint density at radius 3 is 2.00 bits per heavy atom. The number of aliphatic hydroxyl groups is 1. The highest BCUT2D eigenvalue weighted by atomic mass is 19.3. The van der Waals surface area contributed by atoms with Crippen molar-refractivity contribution >= 4 is 0 Å². The van der Waals surface area contributed by atoms with Gasteiger partial charge in [-0.25, -0.2) is 0 Å². The van der Waals surface area contributed by atoms with Crippen molar-refractivity contribution in [1.29, 1.82) is 0 Å². The summed E-state index contributed by atoms with van der Waals surface area (Å²) in [5.74, 6) is 0. The van der Waals surface area contributed by atoms with Crippen molar-refractivity contribution in [3.8, 4) is 0 Å². The van der Waals surface area contributed by atoms with Gasteiger partial charge in [-0.1, -0.05) is 0 Å². The molecule has 0 radical (unpaired) electrons. The van der Waals surface area contributed by atoms with Crippen LogP contribution in [-0.2, 0) is 4.74 Å². The first kappa shape index (κ1) is 8.64. The quantitative estimate of drug-likeness (QED) is 0.600. The maximum atomic E-state index is 11.5. The molecule has 0 aromatic heterocycles. The van der Waals surface area contributed by atoms with Crippen molar-refractivity contribution < 1.29 is 27.4 Å². The van der Waals surface area contributed by atoms with Crippen LogP contribution in [0.4, 0.5) is 17.6 Å². The van der Waals surface area contributed by atoms with Crippen LogP contribution in [0.1, 0.15) is 0 Å². The molecule has 0 unspecified atom stereocenters. The van der Waals surface area contributed by atoms with E-state index in [0.29, 0.717) is 0 Å². The van der Waals surface area contributed by atoms with E-state index in [0.717, 1.165) is 0 Å². The number of ether oxygens (including phenoxy) is 1. The molecule has 2 nitrogen and oxygen atoms in total. The molecule has 0 amide bonds. The molecule has 0 fully saturated rings. The van der Waals surface area contributed by atoms with Gasteiger partial charge in [0.1, 0.15) is 6.61 Å². The van der Waals surface area contributed by atoms with Crippen LogP contribution < -0.4 is 0 Å². The van der Waals surface area contributed by atoms with E-state index in [2.05, 4.69) is 4.74 Å². The predicted octanol–water partition coefficient (Wildman–Crippen LogP) is 0.811. The molecule has 0 spiro atoms. The van der Waals surface area contributed by atoms with Gasteiger partial charge in [0.25, 0.3) is 0 Å². The van der Waals surface area contributed by atoms with Gasteiger partial charge < -0.3 is 5.11 Å². The highest BCUT2D eigenvalue weighted by molar-refractivity contribution is 4.45. The third kappa shape index (κ3) is 4.16. The second-order valence-corrected chi connectivity index (χ2v) is 1.17. The van der Waals surface area contributed by atoms with Crippen LogP contribution in [0, 0.1) is 0 Å². The number of hydrogen-bond donors (Lipinski definition) is 1. The summed E-state index contributed by atoms with van der Waals surface area (Å²) >= 11 is 0. The maximum Gasteiger partial charge on any atom is 0.382 e. The Hall–Kier alpha value is -0.360. The third-order valence-corrected chi connectivity index (χ3v) is 0.446. The van der Waals surface area contributed by atoms with Gasteiger partial charge in [0, 0.05) is 0 Å². The van der Waals surface area contributed by atoms with Gasteiger partial charge in [-0.05, 0) is 0 Å². The van der Waals surface area contributed by atoms with Crippen molar-refractivity contribution in [2.45, 2.75) is 12.7 Å². The largest absolute Gasteiger partial charge is 0.387 e. The summed E-state index contributed by atoms with van der Waals surface area (Å²) in [6.45, 7) is -5.30. The van der Waals surface area contributed by atoms with E-state index in [1.807, 2.05) is 0 Å². The van der Waals surface area contributed by atoms with Crippen LogP contribution in [0.15, 0.2) is 0 Å². The molecule has 0 aliphatic rings. The van der Waals surface area contributed by atoms with Gasteiger partial charge in [0.05, 0.1) is 0 Å². The molecule has 0 saturated heterocycles. The average Bonchev–Trinajstić information content (AvgIpc) is 1.63. The number of halogens is 4. The van der Waals surface area contributed by atoms with Crippen LogP contribution in [0.3, 0.4) is 0 Å². The normalized spacial score (nSPS) is 12.7. The lowest BCUT2D eigenvalue weighted by Gasteiger charge is -2.11. The van der Waals surface area contributed by atoms with E-state index in [9.17, 15) is 17.6 Å². The molecule has 0 aliphatic carbocycles. The molecule has 0 aliphatic heterocycles. The summed E-state index contributed by atoms with van der Waals surface area (Å²) in [6, 6.07) is 0. The zero-order valence-corrected chi connectivity index (χ0v) is 4.15. The minimum Gasteiger partial charge on any atom is -0.387 e. The molecule has 0 heterocycles. The first-order valence-corrected chi connectivity index (χ1v) is 1.92. The molecule has 0 aromatic rings. The van der Waals surface area contributed by atoms with Gasteiger partial charge in [0.15, 0.2) is 0 Å². The van der Waals surface area contributed by atoms with E-state index in [-0.39, 0.29) is 0 Å². The van der Waals surface area contributed by atoms with Crippen LogP contribution in [0.5, 0.6) is 0 Å². The lowest BCUT2D eigenvalue weighted by atomic mass is 10.7. The Balaban J connectivity index is 3.58. The van der Waals surface area contributed by atoms with Crippen molar-refractivity contribution in [3.63, 3.8) is 0 Å². The van der Waals surface area contributed by atoms with Crippen molar-refractivity contribution in [3.05, 3.63) is 0 Å². The molecule has 0 rings (SSSR count). The fourth-order valence-corrected chi connectivity index (χ4v) is 0.168. The highest BCUT2D eigenvalue weighted by Gasteiger charge is 2.32. The topological polar surface area (TPSA) is 29.5 Å². The molecule has 56 valence electrons. The molecule has 1 N–H and O–H groups in total. The number of alkyl halides is 4. The number of aliphatic hydroxyl groups excluding tert-OH is 1. The third-order valence-electron chi connectivity index (χ3n) is 0.446. The van der Waals surface area contributed by atoms with Crippen LogP contribution in [0.2, 0.25) is 0 Å². The molecule has 6 heteroatoms. The van der Waals surface area contributed by atoms with Crippen LogP contribution in [-0.4, -0.2) is 24.4 Å². The highest BCUT2D eigenvalue weighted by Crippen LogP contribution is 2.17. The van der Waals surface area contributed by atoms with E-state index in [1.165, 1.54) is 0 Å². The Labute approximate surface area is 48.0 Å². The summed E-state index contributed by atoms with van der Waals surface area (Å²) in [4.78, 5) is 0. The Morgan fingerprint density at radius 2 is 1.89 bits per heavy atom. The fourth-order valence-electron chi connectivity index (χ4n) is 0.168. The minimum atomic E-state index is -4.13. The lowest BCUT2D eigenvalue weighted by molar-refractivity contribution is -0.329. The molecule has 0 atom stereocenters. The predicted molar refractivity (Wildman–Crippen MR) is 19.1 cm³/mol. The number of rotatable bonds is 3. The summed E-state index contributed by atoms with van der Waals surface area (Å²) in [6.07, 6.45) is -4.13. The van der Waals surface area contributed by atoms with E-state index >= 15 is 0 Å². The summed E-state index contributed by atoms with van der Waals surface area (Å²) in [5, 5.41) is 7.63. The standard InChI is InChI=1S/C3H4F4O2/c4-2(5)9-3(6,7)1-8/h2,8H,1H2. The van der Waals surface area contributed by atoms with E-state index in [1.54, 1.807) is 0 Å².